The van der Waals surface area contributed by atoms with Crippen molar-refractivity contribution < 1.29 is 9.84 Å². The minimum atomic E-state index is -0.561. The molecule has 0 saturated heterocycles. The molecule has 0 rings (SSSR count). The number of aliphatic hydroxyl groups excluding tert-OH is 1. The van der Waals surface area contributed by atoms with Crippen molar-refractivity contribution in [2.75, 3.05) is 26.3 Å². The highest BCUT2D eigenvalue weighted by Crippen LogP contribution is 2.21. The predicted molar refractivity (Wildman–Crippen MR) is 98.9 cm³/mol. The quantitative estimate of drug-likeness (QED) is 0.426. The molecule has 2 unspecified atom stereocenters. The first-order valence-electron chi connectivity index (χ1n) is 8.94. The number of hydrogen-bond acceptors (Lipinski definition) is 3. The molecular formula is C18H39N3O2. The summed E-state index contributed by atoms with van der Waals surface area (Å²) in [6.45, 7) is 17.3. The van der Waals surface area contributed by atoms with Gasteiger partial charge in [-0.1, -0.05) is 34.6 Å². The Morgan fingerprint density at radius 3 is 2.35 bits per heavy atom. The van der Waals surface area contributed by atoms with Gasteiger partial charge in [0.2, 0.25) is 0 Å². The molecule has 0 aromatic carbocycles. The molecule has 0 aromatic heterocycles. The lowest BCUT2D eigenvalue weighted by molar-refractivity contribution is 0.0301. The van der Waals surface area contributed by atoms with Gasteiger partial charge in [-0.15, -0.1) is 0 Å². The Balaban J connectivity index is 4.25. The van der Waals surface area contributed by atoms with Crippen LogP contribution < -0.4 is 10.6 Å². The van der Waals surface area contributed by atoms with Crippen molar-refractivity contribution in [3.8, 4) is 0 Å². The lowest BCUT2D eigenvalue weighted by Gasteiger charge is -2.23. The zero-order valence-electron chi connectivity index (χ0n) is 16.3. The fourth-order valence-corrected chi connectivity index (χ4v) is 1.96. The van der Waals surface area contributed by atoms with Crippen LogP contribution in [0.4, 0.5) is 0 Å². The number of aliphatic imine (C=N–C) groups is 1. The number of rotatable bonds is 10. The summed E-state index contributed by atoms with van der Waals surface area (Å²) in [5.74, 6) is 1.24. The topological polar surface area (TPSA) is 65.9 Å². The third-order valence-electron chi connectivity index (χ3n) is 3.28. The summed E-state index contributed by atoms with van der Waals surface area (Å²) in [6.07, 6.45) is 1.69. The normalized spacial score (nSPS) is 15.6. The molecule has 0 spiro atoms. The Hall–Kier alpha value is -0.810. The van der Waals surface area contributed by atoms with Gasteiger partial charge in [-0.25, -0.2) is 0 Å². The zero-order valence-corrected chi connectivity index (χ0v) is 16.3. The van der Waals surface area contributed by atoms with Gasteiger partial charge < -0.3 is 20.5 Å². The van der Waals surface area contributed by atoms with E-state index in [1.54, 1.807) is 0 Å². The molecule has 0 aliphatic rings. The third kappa shape index (κ3) is 14.5. The predicted octanol–water partition coefficient (Wildman–Crippen LogP) is 2.79. The van der Waals surface area contributed by atoms with Gasteiger partial charge in [-0.3, -0.25) is 4.99 Å². The van der Waals surface area contributed by atoms with Gasteiger partial charge in [0.05, 0.1) is 19.3 Å². The number of ether oxygens (including phenoxy) is 1. The van der Waals surface area contributed by atoms with Crippen molar-refractivity contribution in [3.05, 3.63) is 0 Å². The van der Waals surface area contributed by atoms with Crippen molar-refractivity contribution in [3.63, 3.8) is 0 Å². The minimum Gasteiger partial charge on any atom is -0.389 e. The molecule has 3 N–H and O–H groups in total. The highest BCUT2D eigenvalue weighted by molar-refractivity contribution is 5.80. The highest BCUT2D eigenvalue weighted by Gasteiger charge is 2.13. The molecule has 0 heterocycles. The second-order valence-corrected chi connectivity index (χ2v) is 7.95. The Kier molecular flexibility index (Phi) is 11.3. The first-order valence-corrected chi connectivity index (χ1v) is 8.94. The monoisotopic (exact) mass is 329 g/mol. The summed E-state index contributed by atoms with van der Waals surface area (Å²) >= 11 is 0. The molecular weight excluding hydrogens is 290 g/mol. The lowest BCUT2D eigenvalue weighted by Crippen LogP contribution is -2.43. The molecule has 2 atom stereocenters. The average molecular weight is 330 g/mol. The van der Waals surface area contributed by atoms with E-state index in [9.17, 15) is 5.11 Å². The van der Waals surface area contributed by atoms with Crippen LogP contribution in [0, 0.1) is 11.3 Å². The summed E-state index contributed by atoms with van der Waals surface area (Å²) in [6, 6.07) is 0.348. The van der Waals surface area contributed by atoms with Crippen LogP contribution in [0.25, 0.3) is 0 Å². The molecule has 0 aliphatic heterocycles. The van der Waals surface area contributed by atoms with E-state index in [0.29, 0.717) is 37.1 Å². The molecule has 0 aliphatic carbocycles. The maximum atomic E-state index is 9.94. The van der Waals surface area contributed by atoms with Crippen LogP contribution in [0.15, 0.2) is 4.99 Å². The van der Waals surface area contributed by atoms with Gasteiger partial charge in [0.25, 0.3) is 0 Å². The fraction of sp³-hybridized carbons (Fsp3) is 0.944. The number of nitrogens with zero attached hydrogens (tertiary/aromatic N) is 1. The van der Waals surface area contributed by atoms with Gasteiger partial charge in [0.15, 0.2) is 5.96 Å². The second-order valence-electron chi connectivity index (χ2n) is 7.95. The molecule has 0 radical (unpaired) electrons. The van der Waals surface area contributed by atoms with Gasteiger partial charge in [-0.05, 0) is 38.0 Å². The number of aliphatic hydroxyl groups is 1. The molecule has 0 saturated carbocycles. The summed E-state index contributed by atoms with van der Waals surface area (Å²) < 4.78 is 5.45. The van der Waals surface area contributed by atoms with Crippen molar-refractivity contribution in [2.45, 2.75) is 73.5 Å². The van der Waals surface area contributed by atoms with Crippen LogP contribution in [0.3, 0.4) is 0 Å². The molecule has 23 heavy (non-hydrogen) atoms. The Bertz CT molecular complexity index is 325. The maximum Gasteiger partial charge on any atom is 0.191 e. The second kappa shape index (κ2) is 11.7. The summed E-state index contributed by atoms with van der Waals surface area (Å²) in [7, 11) is 0. The summed E-state index contributed by atoms with van der Waals surface area (Å²) in [5.41, 5.74) is 0.343. The summed E-state index contributed by atoms with van der Waals surface area (Å²) in [4.78, 5) is 4.46. The van der Waals surface area contributed by atoms with Crippen LogP contribution in [0.1, 0.15) is 61.3 Å². The fourth-order valence-electron chi connectivity index (χ4n) is 1.96. The molecule has 0 aromatic rings. The largest absolute Gasteiger partial charge is 0.389 e. The average Bonchev–Trinajstić information content (AvgIpc) is 2.41. The SMILES string of the molecule is CCNC(=NCC(O)COCC(C)C)NC(C)CCC(C)(C)C. The smallest absolute Gasteiger partial charge is 0.191 e. The standard InChI is InChI=1S/C18H39N3O2/c1-8-19-17(21-15(4)9-10-18(5,6)7)20-11-16(22)13-23-12-14(2)3/h14-16,22H,8-13H2,1-7H3,(H2,19,20,21). The third-order valence-corrected chi connectivity index (χ3v) is 3.28. The first kappa shape index (κ1) is 22.2. The van der Waals surface area contributed by atoms with Crippen molar-refractivity contribution in [2.24, 2.45) is 16.3 Å². The minimum absolute atomic E-state index is 0.334. The van der Waals surface area contributed by atoms with Crippen molar-refractivity contribution in [1.82, 2.24) is 10.6 Å². The van der Waals surface area contributed by atoms with Gasteiger partial charge in [-0.2, -0.15) is 0 Å². The van der Waals surface area contributed by atoms with E-state index < -0.39 is 6.10 Å². The van der Waals surface area contributed by atoms with E-state index in [4.69, 9.17) is 4.74 Å². The molecule has 0 bridgehead atoms. The molecule has 138 valence electrons. The van der Waals surface area contributed by atoms with Crippen molar-refractivity contribution >= 4 is 5.96 Å². The van der Waals surface area contributed by atoms with E-state index in [-0.39, 0.29) is 0 Å². The van der Waals surface area contributed by atoms with E-state index in [2.05, 4.69) is 57.2 Å². The Labute approximate surface area is 143 Å². The molecule has 5 heteroatoms. The van der Waals surface area contributed by atoms with Crippen LogP contribution in [0.2, 0.25) is 0 Å². The van der Waals surface area contributed by atoms with E-state index in [1.165, 1.54) is 0 Å². The van der Waals surface area contributed by atoms with Crippen LogP contribution >= 0.6 is 0 Å². The molecule has 0 amide bonds. The van der Waals surface area contributed by atoms with Crippen LogP contribution in [-0.2, 0) is 4.74 Å². The van der Waals surface area contributed by atoms with E-state index in [1.807, 2.05) is 6.92 Å². The Morgan fingerprint density at radius 1 is 1.17 bits per heavy atom. The Morgan fingerprint density at radius 2 is 1.83 bits per heavy atom. The van der Waals surface area contributed by atoms with Gasteiger partial charge in [0.1, 0.15) is 0 Å². The molecule has 0 fully saturated rings. The van der Waals surface area contributed by atoms with E-state index in [0.717, 1.165) is 25.3 Å². The van der Waals surface area contributed by atoms with E-state index >= 15 is 0 Å². The first-order chi connectivity index (χ1) is 10.6. The van der Waals surface area contributed by atoms with Crippen LogP contribution in [-0.4, -0.2) is 49.5 Å². The number of nitrogens with one attached hydrogen (secondary N) is 2. The molecule has 5 nitrogen and oxygen atoms in total. The van der Waals surface area contributed by atoms with Crippen LogP contribution in [0.5, 0.6) is 0 Å². The zero-order chi connectivity index (χ0) is 17.9. The lowest BCUT2D eigenvalue weighted by atomic mass is 9.89. The number of hydrogen-bond donors (Lipinski definition) is 3. The maximum absolute atomic E-state index is 9.94. The highest BCUT2D eigenvalue weighted by atomic mass is 16.5. The summed E-state index contributed by atoms with van der Waals surface area (Å²) in [5, 5.41) is 16.6. The van der Waals surface area contributed by atoms with Gasteiger partial charge >= 0.3 is 0 Å². The van der Waals surface area contributed by atoms with Crippen molar-refractivity contribution in [1.29, 1.82) is 0 Å². The van der Waals surface area contributed by atoms with Gasteiger partial charge in [0, 0.05) is 19.2 Å². The number of guanidine groups is 1.